The molecule has 0 bridgehead atoms. The van der Waals surface area contributed by atoms with Crippen molar-refractivity contribution in [3.8, 4) is 11.1 Å². The highest BCUT2D eigenvalue weighted by molar-refractivity contribution is 5.80. The van der Waals surface area contributed by atoms with E-state index in [1.54, 1.807) is 12.1 Å². The lowest BCUT2D eigenvalue weighted by Gasteiger charge is -2.12. The molecule has 0 unspecified atom stereocenters. The Morgan fingerprint density at radius 3 is 2.41 bits per heavy atom. The van der Waals surface area contributed by atoms with Crippen LogP contribution in [-0.2, 0) is 17.6 Å². The van der Waals surface area contributed by atoms with Gasteiger partial charge in [0.15, 0.2) is 5.65 Å². The smallest absolute Gasteiger partial charge is 0.220 e. The molecule has 0 saturated carbocycles. The van der Waals surface area contributed by atoms with Crippen molar-refractivity contribution in [3.63, 3.8) is 0 Å². The summed E-state index contributed by atoms with van der Waals surface area (Å²) in [6.45, 7) is 6.52. The van der Waals surface area contributed by atoms with E-state index >= 15 is 0 Å². The predicted molar refractivity (Wildman–Crippen MR) is 124 cm³/mol. The normalized spacial score (nSPS) is 11.1. The third-order valence-corrected chi connectivity index (χ3v) is 5.81. The zero-order valence-electron chi connectivity index (χ0n) is 18.7. The second-order valence-corrected chi connectivity index (χ2v) is 8.05. The lowest BCUT2D eigenvalue weighted by atomic mass is 10.0. The van der Waals surface area contributed by atoms with Gasteiger partial charge in [0.25, 0.3) is 0 Å². The maximum Gasteiger partial charge on any atom is 0.220 e. The fraction of sp³-hybridized carbons (Fsp3) is 0.269. The summed E-state index contributed by atoms with van der Waals surface area (Å²) in [5.74, 6) is -0.240. The average molecular weight is 431 g/mol. The SMILES string of the molecule is Cc1nc2c(-c3ccc(F)cc3)c(C)nn2c(C)c1CCC(=O)NCCc1ccccc1. The number of carbonyl (C=O) groups is 1. The van der Waals surface area contributed by atoms with Crippen molar-refractivity contribution in [1.29, 1.82) is 0 Å². The summed E-state index contributed by atoms with van der Waals surface area (Å²) in [6, 6.07) is 16.5. The van der Waals surface area contributed by atoms with Crippen LogP contribution in [0, 0.1) is 26.6 Å². The molecule has 0 fully saturated rings. The molecule has 2 heterocycles. The first-order valence-corrected chi connectivity index (χ1v) is 10.9. The van der Waals surface area contributed by atoms with Gasteiger partial charge >= 0.3 is 0 Å². The monoisotopic (exact) mass is 430 g/mol. The fourth-order valence-corrected chi connectivity index (χ4v) is 4.10. The van der Waals surface area contributed by atoms with E-state index in [-0.39, 0.29) is 11.7 Å². The molecular formula is C26H27FN4O. The third-order valence-electron chi connectivity index (χ3n) is 5.81. The molecular weight excluding hydrogens is 403 g/mol. The molecule has 164 valence electrons. The highest BCUT2D eigenvalue weighted by Gasteiger charge is 2.18. The Labute approximate surface area is 187 Å². The summed E-state index contributed by atoms with van der Waals surface area (Å²) in [7, 11) is 0. The minimum absolute atomic E-state index is 0.0310. The molecule has 0 atom stereocenters. The van der Waals surface area contributed by atoms with Gasteiger partial charge in [-0.25, -0.2) is 13.9 Å². The number of benzene rings is 2. The molecule has 6 heteroatoms. The van der Waals surface area contributed by atoms with Crippen LogP contribution in [0.3, 0.4) is 0 Å². The van der Waals surface area contributed by atoms with Gasteiger partial charge < -0.3 is 5.32 Å². The lowest BCUT2D eigenvalue weighted by Crippen LogP contribution is -2.26. The number of amides is 1. The minimum atomic E-state index is -0.271. The average Bonchev–Trinajstić information content (AvgIpc) is 3.11. The van der Waals surface area contributed by atoms with Gasteiger partial charge in [-0.2, -0.15) is 5.10 Å². The first-order chi connectivity index (χ1) is 15.4. The molecule has 0 aliphatic heterocycles. The molecule has 2 aromatic heterocycles. The van der Waals surface area contributed by atoms with Crippen LogP contribution in [0.15, 0.2) is 54.6 Å². The maximum atomic E-state index is 13.4. The number of aryl methyl sites for hydroxylation is 3. The molecule has 0 aliphatic carbocycles. The van der Waals surface area contributed by atoms with Gasteiger partial charge in [0.05, 0.1) is 5.69 Å². The molecule has 32 heavy (non-hydrogen) atoms. The van der Waals surface area contributed by atoms with Crippen LogP contribution in [0.5, 0.6) is 0 Å². The van der Waals surface area contributed by atoms with Crippen LogP contribution in [-0.4, -0.2) is 27.0 Å². The fourth-order valence-electron chi connectivity index (χ4n) is 4.10. The highest BCUT2D eigenvalue weighted by Crippen LogP contribution is 2.29. The van der Waals surface area contributed by atoms with Gasteiger partial charge in [0, 0.05) is 29.9 Å². The van der Waals surface area contributed by atoms with E-state index in [9.17, 15) is 9.18 Å². The number of rotatable bonds is 7. The summed E-state index contributed by atoms with van der Waals surface area (Å²) in [6.07, 6.45) is 1.81. The number of halogens is 1. The van der Waals surface area contributed by atoms with Crippen LogP contribution in [0.4, 0.5) is 4.39 Å². The standard InChI is InChI=1S/C26H27FN4O/c1-17-23(13-14-24(32)28-16-15-20-7-5-4-6-8-20)19(3)31-26(29-17)25(18(2)30-31)21-9-11-22(27)12-10-21/h4-12H,13-16H2,1-3H3,(H,28,32). The Hall–Kier alpha value is -3.54. The van der Waals surface area contributed by atoms with Gasteiger partial charge in [-0.3, -0.25) is 4.79 Å². The number of carbonyl (C=O) groups excluding carboxylic acids is 1. The molecule has 0 aliphatic rings. The molecule has 0 radical (unpaired) electrons. The van der Waals surface area contributed by atoms with Crippen molar-refractivity contribution in [3.05, 3.63) is 88.6 Å². The predicted octanol–water partition coefficient (Wildman–Crippen LogP) is 4.75. The minimum Gasteiger partial charge on any atom is -0.356 e. The molecule has 0 spiro atoms. The zero-order valence-corrected chi connectivity index (χ0v) is 18.7. The van der Waals surface area contributed by atoms with Crippen LogP contribution in [0.25, 0.3) is 16.8 Å². The number of nitrogens with one attached hydrogen (secondary N) is 1. The summed E-state index contributed by atoms with van der Waals surface area (Å²) >= 11 is 0. The quantitative estimate of drug-likeness (QED) is 0.460. The zero-order chi connectivity index (χ0) is 22.7. The Bertz CT molecular complexity index is 1250. The first-order valence-electron chi connectivity index (χ1n) is 10.9. The number of aromatic nitrogens is 3. The van der Waals surface area contributed by atoms with Crippen molar-refractivity contribution in [1.82, 2.24) is 19.9 Å². The Balaban J connectivity index is 1.49. The van der Waals surface area contributed by atoms with E-state index in [0.717, 1.165) is 45.8 Å². The first kappa shape index (κ1) is 21.7. The topological polar surface area (TPSA) is 59.3 Å². The van der Waals surface area contributed by atoms with Gasteiger partial charge in [-0.1, -0.05) is 42.5 Å². The van der Waals surface area contributed by atoms with E-state index in [4.69, 9.17) is 4.98 Å². The summed E-state index contributed by atoms with van der Waals surface area (Å²) in [4.78, 5) is 17.2. The van der Waals surface area contributed by atoms with Crippen LogP contribution in [0.1, 0.15) is 34.6 Å². The largest absolute Gasteiger partial charge is 0.356 e. The third kappa shape index (κ3) is 4.54. The molecule has 0 saturated heterocycles. The summed E-state index contributed by atoms with van der Waals surface area (Å²) in [5.41, 5.74) is 7.47. The summed E-state index contributed by atoms with van der Waals surface area (Å²) in [5, 5.41) is 7.69. The van der Waals surface area contributed by atoms with Gasteiger partial charge in [0.2, 0.25) is 5.91 Å². The lowest BCUT2D eigenvalue weighted by molar-refractivity contribution is -0.121. The number of nitrogens with zero attached hydrogens (tertiary/aromatic N) is 3. The van der Waals surface area contributed by atoms with E-state index in [0.29, 0.717) is 19.4 Å². The Morgan fingerprint density at radius 2 is 1.69 bits per heavy atom. The van der Waals surface area contributed by atoms with Gasteiger partial charge in [0.1, 0.15) is 5.82 Å². The van der Waals surface area contributed by atoms with E-state index in [1.165, 1.54) is 17.7 Å². The Kier molecular flexibility index (Phi) is 6.30. The molecule has 2 aromatic carbocycles. The van der Waals surface area contributed by atoms with E-state index in [2.05, 4.69) is 22.5 Å². The molecule has 5 nitrogen and oxygen atoms in total. The van der Waals surface area contributed by atoms with Gasteiger partial charge in [-0.15, -0.1) is 0 Å². The Morgan fingerprint density at radius 1 is 0.969 bits per heavy atom. The van der Waals surface area contributed by atoms with Crippen molar-refractivity contribution in [2.45, 2.75) is 40.0 Å². The second-order valence-electron chi connectivity index (χ2n) is 8.05. The van der Waals surface area contributed by atoms with Crippen molar-refractivity contribution < 1.29 is 9.18 Å². The van der Waals surface area contributed by atoms with Gasteiger partial charge in [-0.05, 0) is 62.4 Å². The van der Waals surface area contributed by atoms with E-state index < -0.39 is 0 Å². The van der Waals surface area contributed by atoms with Crippen LogP contribution >= 0.6 is 0 Å². The number of hydrogen-bond donors (Lipinski definition) is 1. The summed E-state index contributed by atoms with van der Waals surface area (Å²) < 4.78 is 15.2. The van der Waals surface area contributed by atoms with Crippen LogP contribution in [0.2, 0.25) is 0 Å². The van der Waals surface area contributed by atoms with Crippen molar-refractivity contribution in [2.75, 3.05) is 6.54 Å². The molecule has 1 amide bonds. The van der Waals surface area contributed by atoms with Crippen LogP contribution < -0.4 is 5.32 Å². The maximum absolute atomic E-state index is 13.4. The van der Waals surface area contributed by atoms with Crippen molar-refractivity contribution >= 4 is 11.6 Å². The van der Waals surface area contributed by atoms with Crippen molar-refractivity contribution in [2.24, 2.45) is 0 Å². The highest BCUT2D eigenvalue weighted by atomic mass is 19.1. The second kappa shape index (κ2) is 9.30. The number of hydrogen-bond acceptors (Lipinski definition) is 3. The molecule has 4 rings (SSSR count). The number of fused-ring (bicyclic) bond motifs is 1. The molecule has 4 aromatic rings. The van der Waals surface area contributed by atoms with E-state index in [1.807, 2.05) is 43.5 Å². The molecule has 1 N–H and O–H groups in total.